The highest BCUT2D eigenvalue weighted by Gasteiger charge is 2.13. The SMILES string of the molecule is CC[C@@H](Nc1ccc(OC)cc1)[C@H](C)CO. The van der Waals surface area contributed by atoms with Crippen LogP contribution in [-0.2, 0) is 0 Å². The molecule has 2 atom stereocenters. The molecule has 0 fully saturated rings. The van der Waals surface area contributed by atoms with Crippen molar-refractivity contribution >= 4 is 5.69 Å². The second kappa shape index (κ2) is 6.38. The van der Waals surface area contributed by atoms with Gasteiger partial charge in [-0.1, -0.05) is 13.8 Å². The van der Waals surface area contributed by atoms with E-state index in [0.29, 0.717) is 6.04 Å². The van der Waals surface area contributed by atoms with Crippen molar-refractivity contribution < 1.29 is 9.84 Å². The van der Waals surface area contributed by atoms with Gasteiger partial charge in [0.2, 0.25) is 0 Å². The number of aliphatic hydroxyl groups is 1. The lowest BCUT2D eigenvalue weighted by Crippen LogP contribution is -2.28. The lowest BCUT2D eigenvalue weighted by Gasteiger charge is -2.23. The molecule has 0 amide bonds. The molecule has 0 unspecified atom stereocenters. The average molecular weight is 223 g/mol. The minimum atomic E-state index is 0.210. The molecule has 3 heteroatoms. The summed E-state index contributed by atoms with van der Waals surface area (Å²) in [6.07, 6.45) is 0.994. The van der Waals surface area contributed by atoms with Gasteiger partial charge in [0.1, 0.15) is 5.75 Å². The molecule has 0 bridgehead atoms. The van der Waals surface area contributed by atoms with Crippen LogP contribution in [0.4, 0.5) is 5.69 Å². The standard InChI is InChI=1S/C13H21NO2/c1-4-13(10(2)9-15)14-11-5-7-12(16-3)8-6-11/h5-8,10,13-15H,4,9H2,1-3H3/t10-,13-/m1/s1. The Bertz CT molecular complexity index is 297. The van der Waals surface area contributed by atoms with Gasteiger partial charge in [-0.3, -0.25) is 0 Å². The van der Waals surface area contributed by atoms with Crippen LogP contribution in [0.25, 0.3) is 0 Å². The summed E-state index contributed by atoms with van der Waals surface area (Å²) in [6.45, 7) is 4.37. The van der Waals surface area contributed by atoms with E-state index in [-0.39, 0.29) is 12.5 Å². The zero-order valence-corrected chi connectivity index (χ0v) is 10.2. The van der Waals surface area contributed by atoms with E-state index in [0.717, 1.165) is 17.9 Å². The highest BCUT2D eigenvalue weighted by Crippen LogP contribution is 2.18. The normalized spacial score (nSPS) is 14.2. The molecule has 0 saturated carbocycles. The fourth-order valence-corrected chi connectivity index (χ4v) is 1.68. The van der Waals surface area contributed by atoms with Gasteiger partial charge in [0.15, 0.2) is 0 Å². The summed E-state index contributed by atoms with van der Waals surface area (Å²) in [5.41, 5.74) is 1.06. The molecule has 1 aromatic rings. The highest BCUT2D eigenvalue weighted by atomic mass is 16.5. The third-order valence-corrected chi connectivity index (χ3v) is 2.86. The molecule has 3 nitrogen and oxygen atoms in total. The van der Waals surface area contributed by atoms with Crippen molar-refractivity contribution in [3.8, 4) is 5.75 Å². The summed E-state index contributed by atoms with van der Waals surface area (Å²) in [4.78, 5) is 0. The van der Waals surface area contributed by atoms with Crippen LogP contribution in [0.15, 0.2) is 24.3 Å². The maximum absolute atomic E-state index is 9.14. The van der Waals surface area contributed by atoms with E-state index in [2.05, 4.69) is 12.2 Å². The largest absolute Gasteiger partial charge is 0.497 e. The van der Waals surface area contributed by atoms with Gasteiger partial charge < -0.3 is 15.2 Å². The quantitative estimate of drug-likeness (QED) is 0.778. The van der Waals surface area contributed by atoms with Gasteiger partial charge in [-0.05, 0) is 36.6 Å². The second-order valence-electron chi connectivity index (χ2n) is 4.05. The van der Waals surface area contributed by atoms with Gasteiger partial charge in [-0.2, -0.15) is 0 Å². The van der Waals surface area contributed by atoms with Crippen LogP contribution in [0.2, 0.25) is 0 Å². The maximum Gasteiger partial charge on any atom is 0.119 e. The molecule has 0 heterocycles. The van der Waals surface area contributed by atoms with Crippen LogP contribution in [-0.4, -0.2) is 24.9 Å². The molecule has 0 aliphatic carbocycles. The molecule has 90 valence electrons. The Morgan fingerprint density at radius 2 is 1.94 bits per heavy atom. The van der Waals surface area contributed by atoms with Crippen LogP contribution >= 0.6 is 0 Å². The molecular formula is C13H21NO2. The monoisotopic (exact) mass is 223 g/mol. The predicted molar refractivity (Wildman–Crippen MR) is 66.9 cm³/mol. The number of ether oxygens (including phenoxy) is 1. The van der Waals surface area contributed by atoms with Crippen LogP contribution in [0.1, 0.15) is 20.3 Å². The number of aliphatic hydroxyl groups excluding tert-OH is 1. The number of hydrogen-bond donors (Lipinski definition) is 2. The summed E-state index contributed by atoms with van der Waals surface area (Å²) in [7, 11) is 1.66. The first kappa shape index (κ1) is 12.8. The van der Waals surface area contributed by atoms with E-state index in [1.54, 1.807) is 7.11 Å². The zero-order chi connectivity index (χ0) is 12.0. The second-order valence-corrected chi connectivity index (χ2v) is 4.05. The average Bonchev–Trinajstić information content (AvgIpc) is 2.35. The fourth-order valence-electron chi connectivity index (χ4n) is 1.68. The lowest BCUT2D eigenvalue weighted by molar-refractivity contribution is 0.220. The Hall–Kier alpha value is -1.22. The molecule has 0 aromatic heterocycles. The molecule has 2 N–H and O–H groups in total. The molecule has 1 aromatic carbocycles. The Morgan fingerprint density at radius 1 is 1.31 bits per heavy atom. The smallest absolute Gasteiger partial charge is 0.119 e. The van der Waals surface area contributed by atoms with E-state index in [4.69, 9.17) is 9.84 Å². The van der Waals surface area contributed by atoms with Crippen LogP contribution in [0.3, 0.4) is 0 Å². The summed E-state index contributed by atoms with van der Waals surface area (Å²) in [6, 6.07) is 8.15. The van der Waals surface area contributed by atoms with Crippen molar-refractivity contribution in [2.45, 2.75) is 26.3 Å². The topological polar surface area (TPSA) is 41.5 Å². The van der Waals surface area contributed by atoms with Crippen LogP contribution in [0, 0.1) is 5.92 Å². The highest BCUT2D eigenvalue weighted by molar-refractivity contribution is 5.47. The molecule has 0 aliphatic heterocycles. The zero-order valence-electron chi connectivity index (χ0n) is 10.2. The Kier molecular flexibility index (Phi) is 5.12. The number of hydrogen-bond acceptors (Lipinski definition) is 3. The van der Waals surface area contributed by atoms with Gasteiger partial charge in [-0.25, -0.2) is 0 Å². The summed E-state index contributed by atoms with van der Waals surface area (Å²) >= 11 is 0. The molecule has 16 heavy (non-hydrogen) atoms. The third-order valence-electron chi connectivity index (χ3n) is 2.86. The lowest BCUT2D eigenvalue weighted by atomic mass is 10.0. The first-order valence-corrected chi connectivity index (χ1v) is 5.72. The van der Waals surface area contributed by atoms with Crippen molar-refractivity contribution in [2.75, 3.05) is 19.0 Å². The van der Waals surface area contributed by atoms with Gasteiger partial charge in [0.25, 0.3) is 0 Å². The molecule has 0 aliphatic rings. The van der Waals surface area contributed by atoms with Crippen molar-refractivity contribution in [1.29, 1.82) is 0 Å². The molecule has 0 saturated heterocycles. The minimum Gasteiger partial charge on any atom is -0.497 e. The summed E-state index contributed by atoms with van der Waals surface area (Å²) in [5.74, 6) is 1.11. The van der Waals surface area contributed by atoms with E-state index in [1.807, 2.05) is 31.2 Å². The number of rotatable bonds is 6. The van der Waals surface area contributed by atoms with Gasteiger partial charge in [-0.15, -0.1) is 0 Å². The van der Waals surface area contributed by atoms with Crippen LogP contribution in [0.5, 0.6) is 5.75 Å². The minimum absolute atomic E-state index is 0.210. The number of nitrogens with one attached hydrogen (secondary N) is 1. The third kappa shape index (κ3) is 3.42. The van der Waals surface area contributed by atoms with E-state index in [1.165, 1.54) is 0 Å². The number of benzene rings is 1. The van der Waals surface area contributed by atoms with Gasteiger partial charge in [0, 0.05) is 18.3 Å². The Labute approximate surface area is 97.4 Å². The van der Waals surface area contributed by atoms with Gasteiger partial charge >= 0.3 is 0 Å². The number of methoxy groups -OCH3 is 1. The maximum atomic E-state index is 9.14. The fraction of sp³-hybridized carbons (Fsp3) is 0.538. The first-order valence-electron chi connectivity index (χ1n) is 5.72. The first-order chi connectivity index (χ1) is 7.71. The predicted octanol–water partition coefficient (Wildman–Crippen LogP) is 2.51. The van der Waals surface area contributed by atoms with Crippen molar-refractivity contribution in [3.63, 3.8) is 0 Å². The molecular weight excluding hydrogens is 202 g/mol. The summed E-state index contributed by atoms with van der Waals surface area (Å²) < 4.78 is 5.10. The van der Waals surface area contributed by atoms with Crippen molar-refractivity contribution in [2.24, 2.45) is 5.92 Å². The molecule has 0 spiro atoms. The van der Waals surface area contributed by atoms with Crippen molar-refractivity contribution in [3.05, 3.63) is 24.3 Å². The van der Waals surface area contributed by atoms with Crippen molar-refractivity contribution in [1.82, 2.24) is 0 Å². The summed E-state index contributed by atoms with van der Waals surface area (Å²) in [5, 5.41) is 12.6. The van der Waals surface area contributed by atoms with E-state index >= 15 is 0 Å². The Balaban J connectivity index is 2.63. The van der Waals surface area contributed by atoms with Crippen LogP contribution < -0.4 is 10.1 Å². The van der Waals surface area contributed by atoms with E-state index < -0.39 is 0 Å². The van der Waals surface area contributed by atoms with Gasteiger partial charge in [0.05, 0.1) is 7.11 Å². The van der Waals surface area contributed by atoms with E-state index in [9.17, 15) is 0 Å². The number of anilines is 1. The molecule has 1 rings (SSSR count). The molecule has 0 radical (unpaired) electrons. The Morgan fingerprint density at radius 3 is 2.38 bits per heavy atom.